The van der Waals surface area contributed by atoms with Gasteiger partial charge in [-0.05, 0) is 12.1 Å². The Kier molecular flexibility index (Phi) is 3.41. The number of primary amides is 1. The fraction of sp³-hybridized carbons (Fsp3) is 0.231. The maximum Gasteiger partial charge on any atom is 0.250 e. The number of nitrogen functional groups attached to an aromatic ring is 1. The maximum atomic E-state index is 11.3. The summed E-state index contributed by atoms with van der Waals surface area (Å²) in [4.78, 5) is 17.5. The highest BCUT2D eigenvalue weighted by atomic mass is 16.1. The van der Waals surface area contributed by atoms with E-state index in [9.17, 15) is 4.79 Å². The number of hydrogen-bond donors (Lipinski definition) is 2. The number of para-hydroxylation sites is 1. The molecule has 2 aromatic rings. The number of rotatable bonds is 4. The molecular formula is C13H17N5O. The first-order valence-electron chi connectivity index (χ1n) is 5.86. The van der Waals surface area contributed by atoms with E-state index in [1.54, 1.807) is 18.3 Å². The first kappa shape index (κ1) is 12.9. The summed E-state index contributed by atoms with van der Waals surface area (Å²) in [6.45, 7) is 0.593. The molecule has 0 aliphatic rings. The standard InChI is InChI=1S/C13H17N5O/c1-17-7-6-16-11(17)8-18(2)10-5-3-4-9(12(10)14)13(15)19/h3-7H,8,14H2,1-2H3,(H2,15,19). The van der Waals surface area contributed by atoms with Gasteiger partial charge in [0.25, 0.3) is 5.91 Å². The van der Waals surface area contributed by atoms with E-state index in [4.69, 9.17) is 11.5 Å². The third-order valence-electron chi connectivity index (χ3n) is 3.06. The van der Waals surface area contributed by atoms with Gasteiger partial charge in [0.2, 0.25) is 0 Å². The lowest BCUT2D eigenvalue weighted by Gasteiger charge is -2.21. The van der Waals surface area contributed by atoms with Gasteiger partial charge in [0, 0.05) is 26.5 Å². The lowest BCUT2D eigenvalue weighted by Crippen LogP contribution is -2.22. The number of carbonyl (C=O) groups is 1. The summed E-state index contributed by atoms with van der Waals surface area (Å²) in [5, 5.41) is 0. The smallest absolute Gasteiger partial charge is 0.250 e. The molecule has 19 heavy (non-hydrogen) atoms. The van der Waals surface area contributed by atoms with Crippen molar-refractivity contribution in [3.63, 3.8) is 0 Å². The molecule has 2 rings (SSSR count). The molecule has 6 nitrogen and oxygen atoms in total. The Morgan fingerprint density at radius 3 is 2.79 bits per heavy atom. The number of carbonyl (C=O) groups excluding carboxylic acids is 1. The van der Waals surface area contributed by atoms with E-state index in [0.717, 1.165) is 11.5 Å². The Labute approximate surface area is 111 Å². The molecule has 0 unspecified atom stereocenters. The highest BCUT2D eigenvalue weighted by molar-refractivity contribution is 6.00. The average Bonchev–Trinajstić information content (AvgIpc) is 2.74. The first-order chi connectivity index (χ1) is 9.00. The fourth-order valence-corrected chi connectivity index (χ4v) is 1.95. The number of imidazole rings is 1. The Bertz CT molecular complexity index is 605. The summed E-state index contributed by atoms with van der Waals surface area (Å²) >= 11 is 0. The lowest BCUT2D eigenvalue weighted by atomic mass is 10.1. The van der Waals surface area contributed by atoms with Crippen LogP contribution >= 0.6 is 0 Å². The van der Waals surface area contributed by atoms with Crippen LogP contribution in [0.3, 0.4) is 0 Å². The highest BCUT2D eigenvalue weighted by Gasteiger charge is 2.13. The van der Waals surface area contributed by atoms with Crippen LogP contribution in [0.1, 0.15) is 16.2 Å². The van der Waals surface area contributed by atoms with Crippen LogP contribution in [-0.2, 0) is 13.6 Å². The third kappa shape index (κ3) is 2.52. The molecule has 1 heterocycles. The van der Waals surface area contributed by atoms with Crippen molar-refractivity contribution >= 4 is 17.3 Å². The Balaban J connectivity index is 2.29. The van der Waals surface area contributed by atoms with Crippen molar-refractivity contribution in [2.45, 2.75) is 6.54 Å². The largest absolute Gasteiger partial charge is 0.396 e. The van der Waals surface area contributed by atoms with E-state index in [2.05, 4.69) is 4.98 Å². The molecule has 1 amide bonds. The quantitative estimate of drug-likeness (QED) is 0.792. The number of anilines is 2. The van der Waals surface area contributed by atoms with Gasteiger partial charge in [-0.15, -0.1) is 0 Å². The predicted octanol–water partition coefficient (Wildman–Crippen LogP) is 0.738. The zero-order valence-electron chi connectivity index (χ0n) is 11.0. The number of benzene rings is 1. The minimum absolute atomic E-state index is 0.337. The molecule has 1 aromatic carbocycles. The molecule has 1 aromatic heterocycles. The van der Waals surface area contributed by atoms with Gasteiger partial charge in [0.15, 0.2) is 0 Å². The van der Waals surface area contributed by atoms with Crippen molar-refractivity contribution in [3.05, 3.63) is 42.0 Å². The molecule has 0 aliphatic carbocycles. The van der Waals surface area contributed by atoms with Crippen molar-refractivity contribution in [1.29, 1.82) is 0 Å². The molecular weight excluding hydrogens is 242 g/mol. The van der Waals surface area contributed by atoms with Crippen LogP contribution in [0.4, 0.5) is 11.4 Å². The normalized spacial score (nSPS) is 10.4. The van der Waals surface area contributed by atoms with Gasteiger partial charge >= 0.3 is 0 Å². The molecule has 100 valence electrons. The number of amides is 1. The molecule has 0 saturated heterocycles. The molecule has 0 aliphatic heterocycles. The molecule has 0 saturated carbocycles. The summed E-state index contributed by atoms with van der Waals surface area (Å²) in [6.07, 6.45) is 3.62. The summed E-state index contributed by atoms with van der Waals surface area (Å²) in [5.74, 6) is 0.385. The van der Waals surface area contributed by atoms with Crippen LogP contribution in [0.25, 0.3) is 0 Å². The van der Waals surface area contributed by atoms with Gasteiger partial charge in [0.05, 0.1) is 23.5 Å². The van der Waals surface area contributed by atoms with E-state index in [0.29, 0.717) is 17.8 Å². The number of aromatic nitrogens is 2. The lowest BCUT2D eigenvalue weighted by molar-refractivity contribution is 0.100. The minimum Gasteiger partial charge on any atom is -0.396 e. The molecule has 0 spiro atoms. The Hall–Kier alpha value is -2.50. The molecule has 0 bridgehead atoms. The van der Waals surface area contributed by atoms with Crippen LogP contribution in [0.5, 0.6) is 0 Å². The summed E-state index contributed by atoms with van der Waals surface area (Å²) in [5.41, 5.74) is 12.8. The second-order valence-corrected chi connectivity index (χ2v) is 4.41. The summed E-state index contributed by atoms with van der Waals surface area (Å²) < 4.78 is 1.94. The van der Waals surface area contributed by atoms with E-state index in [1.807, 2.05) is 35.8 Å². The fourth-order valence-electron chi connectivity index (χ4n) is 1.95. The Morgan fingerprint density at radius 1 is 1.47 bits per heavy atom. The number of hydrogen-bond acceptors (Lipinski definition) is 4. The topological polar surface area (TPSA) is 90.2 Å². The third-order valence-corrected chi connectivity index (χ3v) is 3.06. The number of aryl methyl sites for hydroxylation is 1. The number of nitrogens with zero attached hydrogens (tertiary/aromatic N) is 3. The minimum atomic E-state index is -0.523. The van der Waals surface area contributed by atoms with Gasteiger partial charge in [-0.1, -0.05) is 6.07 Å². The van der Waals surface area contributed by atoms with Crippen molar-refractivity contribution in [2.24, 2.45) is 12.8 Å². The molecule has 0 radical (unpaired) electrons. The molecule has 0 atom stereocenters. The van der Waals surface area contributed by atoms with Crippen LogP contribution in [0, 0.1) is 0 Å². The Morgan fingerprint density at radius 2 is 2.21 bits per heavy atom. The van der Waals surface area contributed by atoms with Gasteiger partial charge < -0.3 is 20.9 Å². The average molecular weight is 259 g/mol. The van der Waals surface area contributed by atoms with Gasteiger partial charge in [-0.25, -0.2) is 4.98 Å². The van der Waals surface area contributed by atoms with E-state index in [1.165, 1.54) is 0 Å². The van der Waals surface area contributed by atoms with Crippen LogP contribution in [-0.4, -0.2) is 22.5 Å². The van der Waals surface area contributed by atoms with Crippen LogP contribution < -0.4 is 16.4 Å². The zero-order valence-corrected chi connectivity index (χ0v) is 11.0. The summed E-state index contributed by atoms with van der Waals surface area (Å²) in [6, 6.07) is 5.24. The summed E-state index contributed by atoms with van der Waals surface area (Å²) in [7, 11) is 3.82. The van der Waals surface area contributed by atoms with E-state index in [-0.39, 0.29) is 0 Å². The highest BCUT2D eigenvalue weighted by Crippen LogP contribution is 2.26. The zero-order chi connectivity index (χ0) is 14.0. The SMILES string of the molecule is CN(Cc1nccn1C)c1cccc(C(N)=O)c1N. The van der Waals surface area contributed by atoms with Crippen molar-refractivity contribution in [2.75, 3.05) is 17.7 Å². The molecule has 4 N–H and O–H groups in total. The molecule has 0 fully saturated rings. The van der Waals surface area contributed by atoms with E-state index >= 15 is 0 Å². The molecule has 6 heteroatoms. The number of nitrogens with two attached hydrogens (primary N) is 2. The van der Waals surface area contributed by atoms with Gasteiger partial charge in [-0.2, -0.15) is 0 Å². The van der Waals surface area contributed by atoms with Crippen LogP contribution in [0.2, 0.25) is 0 Å². The van der Waals surface area contributed by atoms with Crippen LogP contribution in [0.15, 0.2) is 30.6 Å². The van der Waals surface area contributed by atoms with Crippen molar-refractivity contribution < 1.29 is 4.79 Å². The second-order valence-electron chi connectivity index (χ2n) is 4.41. The van der Waals surface area contributed by atoms with Gasteiger partial charge in [-0.3, -0.25) is 4.79 Å². The van der Waals surface area contributed by atoms with Crippen molar-refractivity contribution in [1.82, 2.24) is 9.55 Å². The predicted molar refractivity (Wildman–Crippen MR) is 74.7 cm³/mol. The van der Waals surface area contributed by atoms with Crippen molar-refractivity contribution in [3.8, 4) is 0 Å². The second kappa shape index (κ2) is 5.01. The monoisotopic (exact) mass is 259 g/mol. The maximum absolute atomic E-state index is 11.3. The van der Waals surface area contributed by atoms with E-state index < -0.39 is 5.91 Å². The van der Waals surface area contributed by atoms with Gasteiger partial charge in [0.1, 0.15) is 5.82 Å². The first-order valence-corrected chi connectivity index (χ1v) is 5.86.